The van der Waals surface area contributed by atoms with E-state index in [0.29, 0.717) is 5.69 Å². The van der Waals surface area contributed by atoms with Crippen molar-refractivity contribution in [1.82, 2.24) is 0 Å². The van der Waals surface area contributed by atoms with Gasteiger partial charge in [0.2, 0.25) is 5.91 Å². The summed E-state index contributed by atoms with van der Waals surface area (Å²) >= 11 is 0. The Balaban J connectivity index is 1.87. The maximum absolute atomic E-state index is 13.7. The molecule has 2 aromatic carbocycles. The number of nitrogens with one attached hydrogen (secondary N) is 2. The molecule has 0 unspecified atom stereocenters. The lowest BCUT2D eigenvalue weighted by Gasteiger charge is -2.09. The average molecular weight is 300 g/mol. The third-order valence-corrected chi connectivity index (χ3v) is 3.34. The molecular weight excluding hydrogens is 279 g/mol. The van der Waals surface area contributed by atoms with Crippen molar-refractivity contribution < 1.29 is 9.18 Å². The molecule has 4 heteroatoms. The third-order valence-electron chi connectivity index (χ3n) is 3.34. The average Bonchev–Trinajstić information content (AvgIpc) is 2.49. The number of rotatable bonds is 6. The largest absolute Gasteiger partial charge is 0.374 e. The van der Waals surface area contributed by atoms with Crippen LogP contribution in [0.1, 0.15) is 24.5 Å². The number of halogens is 1. The lowest BCUT2D eigenvalue weighted by Crippen LogP contribution is -2.22. The molecule has 2 rings (SSSR count). The highest BCUT2D eigenvalue weighted by Gasteiger charge is 2.05. The van der Waals surface area contributed by atoms with Gasteiger partial charge in [-0.25, -0.2) is 4.39 Å². The van der Waals surface area contributed by atoms with E-state index >= 15 is 0 Å². The van der Waals surface area contributed by atoms with Crippen LogP contribution < -0.4 is 10.6 Å². The molecule has 0 aliphatic carbocycles. The molecule has 22 heavy (non-hydrogen) atoms. The number of benzene rings is 2. The second-order valence-corrected chi connectivity index (χ2v) is 5.33. The van der Waals surface area contributed by atoms with Crippen LogP contribution in [0.15, 0.2) is 42.5 Å². The van der Waals surface area contributed by atoms with Crippen LogP contribution in [0.3, 0.4) is 0 Å². The van der Waals surface area contributed by atoms with Crippen LogP contribution in [0.4, 0.5) is 15.8 Å². The minimum absolute atomic E-state index is 0.0245. The van der Waals surface area contributed by atoms with Crippen molar-refractivity contribution in [3.8, 4) is 0 Å². The van der Waals surface area contributed by atoms with Gasteiger partial charge >= 0.3 is 0 Å². The quantitative estimate of drug-likeness (QED) is 0.842. The van der Waals surface area contributed by atoms with Gasteiger partial charge in [-0.2, -0.15) is 0 Å². The van der Waals surface area contributed by atoms with Crippen LogP contribution in [0, 0.1) is 12.7 Å². The normalized spacial score (nSPS) is 10.3. The van der Waals surface area contributed by atoms with Crippen molar-refractivity contribution in [2.75, 3.05) is 17.2 Å². The summed E-state index contributed by atoms with van der Waals surface area (Å²) in [7, 11) is 0. The Morgan fingerprint density at radius 2 is 1.86 bits per heavy atom. The Morgan fingerprint density at radius 3 is 2.50 bits per heavy atom. The molecular formula is C18H21FN2O. The summed E-state index contributed by atoms with van der Waals surface area (Å²) in [6, 6.07) is 12.7. The van der Waals surface area contributed by atoms with Gasteiger partial charge < -0.3 is 10.6 Å². The van der Waals surface area contributed by atoms with Gasteiger partial charge in [0.15, 0.2) is 0 Å². The smallest absolute Gasteiger partial charge is 0.243 e. The highest BCUT2D eigenvalue weighted by Crippen LogP contribution is 2.15. The zero-order chi connectivity index (χ0) is 15.9. The molecule has 0 aromatic heterocycles. The fraction of sp³-hybridized carbons (Fsp3) is 0.278. The summed E-state index contributed by atoms with van der Waals surface area (Å²) in [6.07, 6.45) is 2.13. The molecule has 1 amide bonds. The monoisotopic (exact) mass is 300 g/mol. The van der Waals surface area contributed by atoms with Crippen molar-refractivity contribution in [2.24, 2.45) is 0 Å². The van der Waals surface area contributed by atoms with E-state index in [4.69, 9.17) is 0 Å². The first-order chi connectivity index (χ1) is 10.6. The summed E-state index contributed by atoms with van der Waals surface area (Å²) < 4.78 is 13.7. The zero-order valence-corrected chi connectivity index (χ0v) is 12.9. The van der Waals surface area contributed by atoms with Gasteiger partial charge in [-0.1, -0.05) is 31.5 Å². The first kappa shape index (κ1) is 16.0. The maximum atomic E-state index is 13.7. The predicted molar refractivity (Wildman–Crippen MR) is 88.7 cm³/mol. The predicted octanol–water partition coefficient (Wildman–Crippen LogP) is 4.14. The molecule has 2 N–H and O–H groups in total. The Bertz CT molecular complexity index is 638. The van der Waals surface area contributed by atoms with E-state index in [1.165, 1.54) is 11.6 Å². The lowest BCUT2D eigenvalue weighted by atomic mass is 10.1. The van der Waals surface area contributed by atoms with E-state index in [1.807, 2.05) is 31.2 Å². The van der Waals surface area contributed by atoms with Crippen molar-refractivity contribution in [2.45, 2.75) is 26.7 Å². The van der Waals surface area contributed by atoms with E-state index in [-0.39, 0.29) is 18.3 Å². The maximum Gasteiger partial charge on any atom is 0.243 e. The molecule has 2 aromatic rings. The first-order valence-electron chi connectivity index (χ1n) is 7.47. The molecule has 0 aliphatic heterocycles. The minimum Gasteiger partial charge on any atom is -0.374 e. The number of aryl methyl sites for hydroxylation is 2. The van der Waals surface area contributed by atoms with Gasteiger partial charge in [0.05, 0.1) is 12.2 Å². The minimum atomic E-state index is -0.350. The molecule has 0 bridgehead atoms. The van der Waals surface area contributed by atoms with Crippen LogP contribution in [-0.2, 0) is 11.2 Å². The van der Waals surface area contributed by atoms with Gasteiger partial charge in [-0.15, -0.1) is 0 Å². The van der Waals surface area contributed by atoms with Gasteiger partial charge in [0.1, 0.15) is 5.82 Å². The number of carbonyl (C=O) groups is 1. The number of amides is 1. The van der Waals surface area contributed by atoms with E-state index < -0.39 is 0 Å². The Kier molecular flexibility index (Phi) is 5.53. The Hall–Kier alpha value is -2.36. The molecule has 0 aliphatic rings. The molecule has 116 valence electrons. The molecule has 0 spiro atoms. The summed E-state index contributed by atoms with van der Waals surface area (Å²) in [5, 5.41) is 5.59. The molecule has 0 saturated heterocycles. The number of carbonyl (C=O) groups excluding carboxylic acids is 1. The lowest BCUT2D eigenvalue weighted by molar-refractivity contribution is -0.114. The highest BCUT2D eigenvalue weighted by atomic mass is 19.1. The van der Waals surface area contributed by atoms with E-state index in [2.05, 4.69) is 17.6 Å². The summed E-state index contributed by atoms with van der Waals surface area (Å²) in [6.45, 7) is 3.98. The molecule has 0 heterocycles. The number of anilines is 2. The van der Waals surface area contributed by atoms with Gasteiger partial charge in [0.25, 0.3) is 0 Å². The van der Waals surface area contributed by atoms with Gasteiger partial charge in [-0.05, 0) is 48.7 Å². The summed E-state index contributed by atoms with van der Waals surface area (Å²) in [5.41, 5.74) is 3.18. The summed E-state index contributed by atoms with van der Waals surface area (Å²) in [5.74, 6) is -0.556. The third kappa shape index (κ3) is 4.58. The fourth-order valence-electron chi connectivity index (χ4n) is 2.19. The van der Waals surface area contributed by atoms with Crippen molar-refractivity contribution >= 4 is 17.3 Å². The van der Waals surface area contributed by atoms with E-state index in [1.54, 1.807) is 12.1 Å². The van der Waals surface area contributed by atoms with Gasteiger partial charge in [-0.3, -0.25) is 4.79 Å². The molecule has 0 fully saturated rings. The molecule has 0 saturated carbocycles. The van der Waals surface area contributed by atoms with Crippen molar-refractivity contribution in [3.05, 3.63) is 59.4 Å². The van der Waals surface area contributed by atoms with Crippen LogP contribution >= 0.6 is 0 Å². The molecule has 0 radical (unpaired) electrons. The van der Waals surface area contributed by atoms with Crippen molar-refractivity contribution in [3.63, 3.8) is 0 Å². The van der Waals surface area contributed by atoms with Crippen LogP contribution in [0.5, 0.6) is 0 Å². The topological polar surface area (TPSA) is 41.1 Å². The molecule has 0 atom stereocenters. The van der Waals surface area contributed by atoms with Crippen LogP contribution in [0.25, 0.3) is 0 Å². The highest BCUT2D eigenvalue weighted by molar-refractivity contribution is 5.93. The standard InChI is InChI=1S/C18H21FN2O/c1-3-4-14-6-8-15(9-7-14)21-18(22)12-20-17-10-5-13(2)11-16(17)19/h5-11,20H,3-4,12H2,1-2H3,(H,21,22). The Labute approximate surface area is 130 Å². The second-order valence-electron chi connectivity index (χ2n) is 5.33. The fourth-order valence-corrected chi connectivity index (χ4v) is 2.19. The van der Waals surface area contributed by atoms with Gasteiger partial charge in [0, 0.05) is 5.69 Å². The van der Waals surface area contributed by atoms with E-state index in [0.717, 1.165) is 24.1 Å². The first-order valence-corrected chi connectivity index (χ1v) is 7.47. The number of hydrogen-bond acceptors (Lipinski definition) is 2. The summed E-state index contributed by atoms with van der Waals surface area (Å²) in [4.78, 5) is 11.9. The van der Waals surface area contributed by atoms with Crippen LogP contribution in [0.2, 0.25) is 0 Å². The SMILES string of the molecule is CCCc1ccc(NC(=O)CNc2ccc(C)cc2F)cc1. The van der Waals surface area contributed by atoms with Crippen molar-refractivity contribution in [1.29, 1.82) is 0 Å². The molecule has 3 nitrogen and oxygen atoms in total. The second kappa shape index (κ2) is 7.59. The zero-order valence-electron chi connectivity index (χ0n) is 12.9. The van der Waals surface area contributed by atoms with E-state index in [9.17, 15) is 9.18 Å². The number of hydrogen-bond donors (Lipinski definition) is 2. The van der Waals surface area contributed by atoms with Crippen LogP contribution in [-0.4, -0.2) is 12.5 Å². The Morgan fingerprint density at radius 1 is 1.14 bits per heavy atom.